The van der Waals surface area contributed by atoms with Crippen LogP contribution in [0.4, 0.5) is 0 Å². The fourth-order valence-corrected chi connectivity index (χ4v) is 0.960. The Morgan fingerprint density at radius 1 is 1.70 bits per heavy atom. The monoisotopic (exact) mass is 140 g/mol. The lowest BCUT2D eigenvalue weighted by Crippen LogP contribution is -2.13. The molecule has 1 unspecified atom stereocenters. The number of ether oxygens (including phenoxy) is 1. The molecule has 56 valence electrons. The van der Waals surface area contributed by atoms with Crippen LogP contribution < -0.4 is 0 Å². The minimum absolute atomic E-state index is 0.0694. The van der Waals surface area contributed by atoms with Crippen LogP contribution in [0.5, 0.6) is 0 Å². The normalized spacial score (nSPS) is 25.7. The lowest BCUT2D eigenvalue weighted by molar-refractivity contribution is -0.140. The maximum absolute atomic E-state index is 10.8. The molecule has 0 radical (unpaired) electrons. The smallest absolute Gasteiger partial charge is 0.333 e. The third-order valence-electron chi connectivity index (χ3n) is 1.74. The zero-order valence-electron chi connectivity index (χ0n) is 6.39. The molecule has 1 rings (SSSR count). The standard InChI is InChI=1S/C8H12O2/c1-5(2)7-4-6(3)8(9)10-7/h5,7H,3-4H2,1-2H3. The Hall–Kier alpha value is -0.790. The average Bonchev–Trinajstić information content (AvgIpc) is 2.13. The van der Waals surface area contributed by atoms with Crippen LogP contribution in [-0.2, 0) is 9.53 Å². The molecule has 0 saturated carbocycles. The predicted molar refractivity (Wildman–Crippen MR) is 38.5 cm³/mol. The molecule has 2 heteroatoms. The minimum Gasteiger partial charge on any atom is -0.458 e. The first kappa shape index (κ1) is 7.32. The van der Waals surface area contributed by atoms with Crippen molar-refractivity contribution in [2.75, 3.05) is 0 Å². The lowest BCUT2D eigenvalue weighted by atomic mass is 10.0. The molecule has 0 aromatic carbocycles. The van der Waals surface area contributed by atoms with Crippen molar-refractivity contribution in [3.05, 3.63) is 12.2 Å². The second kappa shape index (κ2) is 2.45. The molecule has 0 spiro atoms. The van der Waals surface area contributed by atoms with Gasteiger partial charge >= 0.3 is 5.97 Å². The van der Waals surface area contributed by atoms with Crippen molar-refractivity contribution < 1.29 is 9.53 Å². The molecular formula is C8H12O2. The van der Waals surface area contributed by atoms with Crippen LogP contribution in [0.25, 0.3) is 0 Å². The zero-order valence-corrected chi connectivity index (χ0v) is 6.39. The number of esters is 1. The predicted octanol–water partition coefficient (Wildman–Crippen LogP) is 1.51. The molecule has 1 aliphatic rings. The van der Waals surface area contributed by atoms with Crippen LogP contribution in [0.3, 0.4) is 0 Å². The highest BCUT2D eigenvalue weighted by Crippen LogP contribution is 2.23. The van der Waals surface area contributed by atoms with E-state index in [1.165, 1.54) is 0 Å². The van der Waals surface area contributed by atoms with Gasteiger partial charge in [-0.2, -0.15) is 0 Å². The third kappa shape index (κ3) is 1.20. The summed E-state index contributed by atoms with van der Waals surface area (Å²) in [5, 5.41) is 0. The highest BCUT2D eigenvalue weighted by molar-refractivity contribution is 5.89. The molecule has 0 aliphatic carbocycles. The van der Waals surface area contributed by atoms with Gasteiger partial charge in [0.25, 0.3) is 0 Å². The fourth-order valence-electron chi connectivity index (χ4n) is 0.960. The Balaban J connectivity index is 2.57. The van der Waals surface area contributed by atoms with E-state index in [4.69, 9.17) is 4.74 Å². The number of hydrogen-bond donors (Lipinski definition) is 0. The number of carbonyl (C=O) groups is 1. The third-order valence-corrected chi connectivity index (χ3v) is 1.74. The van der Waals surface area contributed by atoms with E-state index in [2.05, 4.69) is 6.58 Å². The Bertz CT molecular complexity index is 154. The molecule has 1 fully saturated rings. The van der Waals surface area contributed by atoms with E-state index in [-0.39, 0.29) is 12.1 Å². The first-order chi connectivity index (χ1) is 4.61. The molecule has 1 saturated heterocycles. The Morgan fingerprint density at radius 3 is 2.50 bits per heavy atom. The average molecular weight is 140 g/mol. The molecule has 1 atom stereocenters. The number of hydrogen-bond acceptors (Lipinski definition) is 2. The number of rotatable bonds is 1. The van der Waals surface area contributed by atoms with Gasteiger partial charge in [0, 0.05) is 12.0 Å². The van der Waals surface area contributed by atoms with E-state index in [0.29, 0.717) is 17.9 Å². The molecule has 1 aliphatic heterocycles. The molecule has 0 aromatic rings. The van der Waals surface area contributed by atoms with Gasteiger partial charge in [0.2, 0.25) is 0 Å². The van der Waals surface area contributed by atoms with Crippen molar-refractivity contribution in [2.45, 2.75) is 26.4 Å². The molecule has 2 nitrogen and oxygen atoms in total. The Labute approximate surface area is 60.9 Å². The summed E-state index contributed by atoms with van der Waals surface area (Å²) in [7, 11) is 0. The van der Waals surface area contributed by atoms with Gasteiger partial charge in [-0.05, 0) is 5.92 Å². The second-order valence-electron chi connectivity index (χ2n) is 3.00. The second-order valence-corrected chi connectivity index (χ2v) is 3.00. The molecule has 0 bridgehead atoms. The summed E-state index contributed by atoms with van der Waals surface area (Å²) in [6.45, 7) is 7.67. The summed E-state index contributed by atoms with van der Waals surface area (Å²) in [6, 6.07) is 0. The molecule has 0 N–H and O–H groups in total. The molecule has 0 aromatic heterocycles. The van der Waals surface area contributed by atoms with Crippen LogP contribution in [0, 0.1) is 5.92 Å². The van der Waals surface area contributed by atoms with Crippen molar-refractivity contribution in [1.29, 1.82) is 0 Å². The zero-order chi connectivity index (χ0) is 7.72. The van der Waals surface area contributed by atoms with Gasteiger partial charge in [-0.3, -0.25) is 0 Å². The van der Waals surface area contributed by atoms with E-state index >= 15 is 0 Å². The summed E-state index contributed by atoms with van der Waals surface area (Å²) in [5.41, 5.74) is 0.610. The maximum atomic E-state index is 10.8. The fraction of sp³-hybridized carbons (Fsp3) is 0.625. The van der Waals surface area contributed by atoms with E-state index in [1.807, 2.05) is 13.8 Å². The van der Waals surface area contributed by atoms with Gasteiger partial charge in [0.15, 0.2) is 0 Å². The van der Waals surface area contributed by atoms with Gasteiger partial charge in [-0.1, -0.05) is 20.4 Å². The van der Waals surface area contributed by atoms with Crippen molar-refractivity contribution in [1.82, 2.24) is 0 Å². The van der Waals surface area contributed by atoms with Crippen molar-refractivity contribution in [3.8, 4) is 0 Å². The minimum atomic E-state index is -0.223. The summed E-state index contributed by atoms with van der Waals surface area (Å²) >= 11 is 0. The van der Waals surface area contributed by atoms with Crippen molar-refractivity contribution >= 4 is 5.97 Å². The van der Waals surface area contributed by atoms with Gasteiger partial charge in [-0.15, -0.1) is 0 Å². The van der Waals surface area contributed by atoms with Crippen LogP contribution in [0.1, 0.15) is 20.3 Å². The highest BCUT2D eigenvalue weighted by atomic mass is 16.5. The van der Waals surface area contributed by atoms with Crippen molar-refractivity contribution in [2.24, 2.45) is 5.92 Å². The topological polar surface area (TPSA) is 26.3 Å². The summed E-state index contributed by atoms with van der Waals surface area (Å²) in [4.78, 5) is 10.8. The Morgan fingerprint density at radius 2 is 2.30 bits per heavy atom. The molecule has 0 amide bonds. The lowest BCUT2D eigenvalue weighted by Gasteiger charge is -2.11. The summed E-state index contributed by atoms with van der Waals surface area (Å²) in [5.74, 6) is 0.182. The van der Waals surface area contributed by atoms with E-state index in [1.54, 1.807) is 0 Å². The Kier molecular flexibility index (Phi) is 1.79. The van der Waals surface area contributed by atoms with E-state index in [9.17, 15) is 4.79 Å². The molecule has 10 heavy (non-hydrogen) atoms. The summed E-state index contributed by atoms with van der Waals surface area (Å²) < 4.78 is 5.00. The van der Waals surface area contributed by atoms with E-state index < -0.39 is 0 Å². The van der Waals surface area contributed by atoms with Crippen LogP contribution >= 0.6 is 0 Å². The first-order valence-electron chi connectivity index (χ1n) is 3.50. The van der Waals surface area contributed by atoms with Gasteiger partial charge < -0.3 is 4.74 Å². The van der Waals surface area contributed by atoms with Crippen molar-refractivity contribution in [3.63, 3.8) is 0 Å². The summed E-state index contributed by atoms with van der Waals surface area (Å²) in [6.07, 6.45) is 0.774. The highest BCUT2D eigenvalue weighted by Gasteiger charge is 2.29. The quantitative estimate of drug-likeness (QED) is 0.407. The number of carbonyl (C=O) groups excluding carboxylic acids is 1. The largest absolute Gasteiger partial charge is 0.458 e. The molecule has 1 heterocycles. The first-order valence-corrected chi connectivity index (χ1v) is 3.50. The number of cyclic esters (lactones) is 1. The maximum Gasteiger partial charge on any atom is 0.333 e. The van der Waals surface area contributed by atoms with Crippen LogP contribution in [0.15, 0.2) is 12.2 Å². The van der Waals surface area contributed by atoms with Gasteiger partial charge in [0.05, 0.1) is 0 Å². The molecular weight excluding hydrogens is 128 g/mol. The van der Waals surface area contributed by atoms with Crippen LogP contribution in [0.2, 0.25) is 0 Å². The van der Waals surface area contributed by atoms with E-state index in [0.717, 1.165) is 0 Å². The van der Waals surface area contributed by atoms with Crippen LogP contribution in [-0.4, -0.2) is 12.1 Å². The SMILES string of the molecule is C=C1CC(C(C)C)OC1=O. The van der Waals surface area contributed by atoms with Gasteiger partial charge in [0.1, 0.15) is 6.10 Å². The van der Waals surface area contributed by atoms with Gasteiger partial charge in [-0.25, -0.2) is 4.79 Å².